The molecule has 6 heteroatoms. The molecule has 6 nitrogen and oxygen atoms in total. The number of carbonyl (C=O) groups excluding carboxylic acids is 2. The van der Waals surface area contributed by atoms with Crippen molar-refractivity contribution in [1.82, 2.24) is 9.80 Å². The molecule has 0 spiro atoms. The quantitative estimate of drug-likeness (QED) is 0.603. The molecule has 20 heavy (non-hydrogen) atoms. The van der Waals surface area contributed by atoms with Gasteiger partial charge in [0.05, 0.1) is 0 Å². The number of hydrogen-bond donors (Lipinski definition) is 1. The van der Waals surface area contributed by atoms with Gasteiger partial charge in [0.25, 0.3) is 0 Å². The molecule has 1 aliphatic heterocycles. The molecular weight excluding hydrogens is 260 g/mol. The highest BCUT2D eigenvalue weighted by Gasteiger charge is 2.24. The van der Waals surface area contributed by atoms with Crippen LogP contribution in [0, 0.1) is 5.92 Å². The Bertz CT molecular complexity index is 349. The van der Waals surface area contributed by atoms with Crippen LogP contribution in [0.3, 0.4) is 0 Å². The largest absolute Gasteiger partial charge is 0.480 e. The van der Waals surface area contributed by atoms with Gasteiger partial charge in [-0.15, -0.1) is 0 Å². The monoisotopic (exact) mass is 284 g/mol. The van der Waals surface area contributed by atoms with Crippen LogP contribution in [0.25, 0.3) is 0 Å². The van der Waals surface area contributed by atoms with E-state index in [1.807, 2.05) is 4.90 Å². The van der Waals surface area contributed by atoms with E-state index in [4.69, 9.17) is 5.11 Å². The van der Waals surface area contributed by atoms with Crippen LogP contribution in [0.15, 0.2) is 12.7 Å². The fourth-order valence-corrected chi connectivity index (χ4v) is 2.06. The molecule has 114 valence electrons. The average molecular weight is 284 g/mol. The lowest BCUT2D eigenvalue weighted by atomic mass is 10.0. The molecule has 0 bridgehead atoms. The van der Waals surface area contributed by atoms with Crippen molar-refractivity contribution < 1.29 is 19.5 Å². The van der Waals surface area contributed by atoms with Crippen LogP contribution in [0.2, 0.25) is 0 Å². The number of aliphatic carboxylic acids is 1. The Hall–Kier alpha value is -1.85. The maximum absolute atomic E-state index is 10.8. The molecule has 0 aromatic carbocycles. The minimum atomic E-state index is -0.963. The third-order valence-electron chi connectivity index (χ3n) is 3.08. The first kappa shape index (κ1) is 18.1. The van der Waals surface area contributed by atoms with E-state index in [1.165, 1.54) is 13.1 Å². The fraction of sp³-hybridized carbons (Fsp3) is 0.643. The normalized spacial score (nSPS) is 15.1. The van der Waals surface area contributed by atoms with Crippen LogP contribution >= 0.6 is 0 Å². The summed E-state index contributed by atoms with van der Waals surface area (Å²) < 4.78 is 0. The Morgan fingerprint density at radius 3 is 2.05 bits per heavy atom. The molecule has 0 saturated carbocycles. The lowest BCUT2D eigenvalue weighted by Gasteiger charge is -2.23. The molecule has 1 unspecified atom stereocenters. The minimum Gasteiger partial charge on any atom is -0.480 e. The number of rotatable bonds is 5. The van der Waals surface area contributed by atoms with Gasteiger partial charge < -0.3 is 14.9 Å². The molecular formula is C14H24N2O4. The number of hydrogen-bond acceptors (Lipinski definition) is 3. The lowest BCUT2D eigenvalue weighted by Crippen LogP contribution is -2.41. The van der Waals surface area contributed by atoms with Crippen LogP contribution in [0.5, 0.6) is 0 Å². The van der Waals surface area contributed by atoms with Crippen molar-refractivity contribution in [2.24, 2.45) is 5.92 Å². The predicted octanol–water partition coefficient (Wildman–Crippen LogP) is 0.979. The second-order valence-corrected chi connectivity index (χ2v) is 5.03. The molecule has 0 aromatic heterocycles. The number of carboxylic acids is 1. The van der Waals surface area contributed by atoms with E-state index in [-0.39, 0.29) is 11.8 Å². The molecule has 1 saturated heterocycles. The first-order valence-electron chi connectivity index (χ1n) is 6.66. The number of nitrogens with zero attached hydrogens (tertiary/aromatic N) is 2. The van der Waals surface area contributed by atoms with Crippen LogP contribution in [0.1, 0.15) is 26.7 Å². The van der Waals surface area contributed by atoms with Gasteiger partial charge in [-0.25, -0.2) is 4.79 Å². The van der Waals surface area contributed by atoms with Crippen LogP contribution in [-0.4, -0.2) is 59.4 Å². The second-order valence-electron chi connectivity index (χ2n) is 5.03. The zero-order valence-electron chi connectivity index (χ0n) is 12.4. The molecule has 2 amide bonds. The second kappa shape index (κ2) is 9.12. The third kappa shape index (κ3) is 5.86. The van der Waals surface area contributed by atoms with E-state index in [0.29, 0.717) is 6.41 Å². The SMILES string of the molecule is C=CC(=O)N1CCCC1.CC(C)C(C(=O)O)N(C)C=O. The van der Waals surface area contributed by atoms with Gasteiger partial charge in [0.1, 0.15) is 6.04 Å². The van der Waals surface area contributed by atoms with Crippen molar-refractivity contribution in [3.8, 4) is 0 Å². The summed E-state index contributed by atoms with van der Waals surface area (Å²) >= 11 is 0. The van der Waals surface area contributed by atoms with Crippen molar-refractivity contribution in [2.75, 3.05) is 20.1 Å². The van der Waals surface area contributed by atoms with E-state index in [1.54, 1.807) is 13.8 Å². The summed E-state index contributed by atoms with van der Waals surface area (Å²) in [6.45, 7) is 8.78. The van der Waals surface area contributed by atoms with Crippen molar-refractivity contribution in [3.05, 3.63) is 12.7 Å². The third-order valence-corrected chi connectivity index (χ3v) is 3.08. The van der Waals surface area contributed by atoms with Gasteiger partial charge in [-0.3, -0.25) is 9.59 Å². The standard InChI is InChI=1S/C7H13NO3.C7H11NO/c1-5(2)6(7(10)11)8(3)4-9;1-2-7(9)8-5-3-4-6-8/h4-6H,1-3H3,(H,10,11);2H,1,3-6H2. The zero-order chi connectivity index (χ0) is 15.7. The number of likely N-dealkylation sites (N-methyl/N-ethyl adjacent to an activating group) is 1. The van der Waals surface area contributed by atoms with Crippen LogP contribution in [0.4, 0.5) is 0 Å². The summed E-state index contributed by atoms with van der Waals surface area (Å²) in [5.74, 6) is -0.954. The van der Waals surface area contributed by atoms with E-state index in [2.05, 4.69) is 6.58 Å². The molecule has 1 N–H and O–H groups in total. The topological polar surface area (TPSA) is 77.9 Å². The molecule has 0 radical (unpaired) electrons. The first-order valence-corrected chi connectivity index (χ1v) is 6.66. The maximum atomic E-state index is 10.8. The maximum Gasteiger partial charge on any atom is 0.326 e. The molecule has 0 aromatic rings. The summed E-state index contributed by atoms with van der Waals surface area (Å²) in [5, 5.41) is 8.64. The highest BCUT2D eigenvalue weighted by atomic mass is 16.4. The smallest absolute Gasteiger partial charge is 0.326 e. The molecule has 1 atom stereocenters. The number of carbonyl (C=O) groups is 3. The van der Waals surface area contributed by atoms with Crippen molar-refractivity contribution >= 4 is 18.3 Å². The van der Waals surface area contributed by atoms with E-state index in [0.717, 1.165) is 30.8 Å². The summed E-state index contributed by atoms with van der Waals surface area (Å²) in [6.07, 6.45) is 4.21. The van der Waals surface area contributed by atoms with Crippen molar-refractivity contribution in [2.45, 2.75) is 32.7 Å². The van der Waals surface area contributed by atoms with E-state index in [9.17, 15) is 14.4 Å². The average Bonchev–Trinajstić information content (AvgIpc) is 2.91. The Morgan fingerprint density at radius 2 is 1.80 bits per heavy atom. The number of amides is 2. The summed E-state index contributed by atoms with van der Waals surface area (Å²) in [5.41, 5.74) is 0. The summed E-state index contributed by atoms with van der Waals surface area (Å²) in [6, 6.07) is -0.715. The fourth-order valence-electron chi connectivity index (χ4n) is 2.06. The lowest BCUT2D eigenvalue weighted by molar-refractivity contribution is -0.147. The Morgan fingerprint density at radius 1 is 1.30 bits per heavy atom. The van der Waals surface area contributed by atoms with Crippen molar-refractivity contribution in [1.29, 1.82) is 0 Å². The van der Waals surface area contributed by atoms with Gasteiger partial charge in [-0.1, -0.05) is 20.4 Å². The van der Waals surface area contributed by atoms with Crippen LogP contribution in [-0.2, 0) is 14.4 Å². The number of likely N-dealkylation sites (tertiary alicyclic amines) is 1. The first-order chi connectivity index (χ1) is 9.34. The van der Waals surface area contributed by atoms with Gasteiger partial charge >= 0.3 is 5.97 Å². The van der Waals surface area contributed by atoms with E-state index >= 15 is 0 Å². The highest BCUT2D eigenvalue weighted by Crippen LogP contribution is 2.07. The predicted molar refractivity (Wildman–Crippen MR) is 76.1 cm³/mol. The van der Waals surface area contributed by atoms with E-state index < -0.39 is 12.0 Å². The summed E-state index contributed by atoms with van der Waals surface area (Å²) in [7, 11) is 1.46. The Labute approximate surface area is 120 Å². The van der Waals surface area contributed by atoms with Gasteiger partial charge in [0.2, 0.25) is 12.3 Å². The zero-order valence-corrected chi connectivity index (χ0v) is 12.4. The van der Waals surface area contributed by atoms with Gasteiger partial charge in [0.15, 0.2) is 0 Å². The van der Waals surface area contributed by atoms with Crippen molar-refractivity contribution in [3.63, 3.8) is 0 Å². The van der Waals surface area contributed by atoms with Gasteiger partial charge in [0, 0.05) is 20.1 Å². The van der Waals surface area contributed by atoms with Gasteiger partial charge in [-0.2, -0.15) is 0 Å². The van der Waals surface area contributed by atoms with Crippen LogP contribution < -0.4 is 0 Å². The number of carboxylic acid groups (broad SMARTS) is 1. The Kier molecular flexibility index (Phi) is 8.27. The molecule has 1 fully saturated rings. The molecule has 0 aliphatic carbocycles. The molecule has 1 aliphatic rings. The molecule has 1 heterocycles. The summed E-state index contributed by atoms with van der Waals surface area (Å²) in [4.78, 5) is 34.6. The Balaban J connectivity index is 0.000000367. The highest BCUT2D eigenvalue weighted by molar-refractivity contribution is 5.87. The molecule has 1 rings (SSSR count). The van der Waals surface area contributed by atoms with Gasteiger partial charge in [-0.05, 0) is 24.8 Å². The minimum absolute atomic E-state index is 0.0669.